The minimum atomic E-state index is 0.462. The van der Waals surface area contributed by atoms with Crippen LogP contribution in [0, 0.1) is 6.92 Å². The Morgan fingerprint density at radius 2 is 2.00 bits per heavy atom. The van der Waals surface area contributed by atoms with Crippen LogP contribution in [0.5, 0.6) is 0 Å². The molecule has 0 saturated carbocycles. The summed E-state index contributed by atoms with van der Waals surface area (Å²) in [6, 6.07) is 5.73. The van der Waals surface area contributed by atoms with E-state index < -0.39 is 0 Å². The van der Waals surface area contributed by atoms with Crippen molar-refractivity contribution in [2.24, 2.45) is 0 Å². The molecule has 0 spiro atoms. The highest BCUT2D eigenvalue weighted by Gasteiger charge is 2.06. The smallest absolute Gasteiger partial charge is 0.198 e. The van der Waals surface area contributed by atoms with Crippen molar-refractivity contribution in [3.63, 3.8) is 0 Å². The first-order valence-corrected chi connectivity index (χ1v) is 4.03. The molecule has 0 bridgehead atoms. The Morgan fingerprint density at radius 1 is 1.31 bits per heavy atom. The average molecular weight is 174 g/mol. The molecule has 66 valence electrons. The number of anilines is 1. The van der Waals surface area contributed by atoms with E-state index >= 15 is 0 Å². The lowest BCUT2D eigenvalue weighted by Gasteiger charge is -1.95. The maximum absolute atomic E-state index is 5.69. The molecule has 0 aliphatic heterocycles. The lowest BCUT2D eigenvalue weighted by Crippen LogP contribution is -1.84. The number of rotatable bonds is 1. The summed E-state index contributed by atoms with van der Waals surface area (Å²) < 4.78 is 5.23. The number of pyridine rings is 1. The van der Waals surface area contributed by atoms with Gasteiger partial charge in [0.1, 0.15) is 5.76 Å². The van der Waals surface area contributed by atoms with Crippen LogP contribution in [-0.2, 0) is 0 Å². The van der Waals surface area contributed by atoms with Gasteiger partial charge in [0.25, 0.3) is 0 Å². The number of aryl methyl sites for hydroxylation is 1. The van der Waals surface area contributed by atoms with E-state index in [2.05, 4.69) is 4.98 Å². The molecule has 2 aromatic rings. The molecular weight excluding hydrogens is 164 g/mol. The van der Waals surface area contributed by atoms with E-state index in [1.165, 1.54) is 0 Å². The Bertz CT molecular complexity index is 406. The van der Waals surface area contributed by atoms with Crippen molar-refractivity contribution in [3.8, 4) is 11.1 Å². The highest BCUT2D eigenvalue weighted by atomic mass is 16.3. The molecule has 2 N–H and O–H groups in total. The van der Waals surface area contributed by atoms with E-state index in [0.717, 1.165) is 16.9 Å². The zero-order chi connectivity index (χ0) is 9.26. The van der Waals surface area contributed by atoms with Gasteiger partial charge in [0, 0.05) is 18.0 Å². The van der Waals surface area contributed by atoms with Crippen molar-refractivity contribution in [1.82, 2.24) is 4.98 Å². The zero-order valence-corrected chi connectivity index (χ0v) is 7.32. The van der Waals surface area contributed by atoms with Crippen molar-refractivity contribution in [2.75, 3.05) is 5.73 Å². The molecule has 0 amide bonds. The van der Waals surface area contributed by atoms with Gasteiger partial charge >= 0.3 is 0 Å². The van der Waals surface area contributed by atoms with Crippen LogP contribution in [0.4, 0.5) is 5.88 Å². The Labute approximate surface area is 76.2 Å². The topological polar surface area (TPSA) is 52.0 Å². The summed E-state index contributed by atoms with van der Waals surface area (Å²) in [4.78, 5) is 3.94. The molecule has 2 rings (SSSR count). The van der Waals surface area contributed by atoms with Gasteiger partial charge in [0.2, 0.25) is 0 Å². The van der Waals surface area contributed by atoms with E-state index in [-0.39, 0.29) is 0 Å². The zero-order valence-electron chi connectivity index (χ0n) is 7.32. The Hall–Kier alpha value is -1.77. The number of hydrogen-bond donors (Lipinski definition) is 1. The Kier molecular flexibility index (Phi) is 1.77. The second-order valence-corrected chi connectivity index (χ2v) is 2.87. The van der Waals surface area contributed by atoms with E-state index in [4.69, 9.17) is 10.2 Å². The molecule has 0 aliphatic rings. The molecule has 0 fully saturated rings. The predicted octanol–water partition coefficient (Wildman–Crippen LogP) is 2.23. The van der Waals surface area contributed by atoms with Gasteiger partial charge in [-0.1, -0.05) is 0 Å². The van der Waals surface area contributed by atoms with Crippen LogP contribution in [0.25, 0.3) is 11.1 Å². The largest absolute Gasteiger partial charge is 0.446 e. The van der Waals surface area contributed by atoms with Crippen LogP contribution in [-0.4, -0.2) is 4.98 Å². The van der Waals surface area contributed by atoms with Crippen molar-refractivity contribution in [1.29, 1.82) is 0 Å². The highest BCUT2D eigenvalue weighted by molar-refractivity contribution is 5.72. The SMILES string of the molecule is Cc1cc(-c2ccncc2)c(N)o1. The van der Waals surface area contributed by atoms with E-state index in [9.17, 15) is 0 Å². The quantitative estimate of drug-likeness (QED) is 0.721. The molecule has 13 heavy (non-hydrogen) atoms. The summed E-state index contributed by atoms with van der Waals surface area (Å²) >= 11 is 0. The van der Waals surface area contributed by atoms with E-state index in [1.807, 2.05) is 25.1 Å². The maximum atomic E-state index is 5.69. The van der Waals surface area contributed by atoms with Gasteiger partial charge in [0.05, 0.1) is 0 Å². The standard InChI is InChI=1S/C10H10N2O/c1-7-6-9(10(11)13-7)8-2-4-12-5-3-8/h2-6H,11H2,1H3. The summed E-state index contributed by atoms with van der Waals surface area (Å²) in [5, 5.41) is 0. The van der Waals surface area contributed by atoms with Gasteiger partial charge in [-0.15, -0.1) is 0 Å². The Balaban J connectivity index is 2.53. The fraction of sp³-hybridized carbons (Fsp3) is 0.100. The van der Waals surface area contributed by atoms with Crippen LogP contribution in [0.15, 0.2) is 35.0 Å². The van der Waals surface area contributed by atoms with Crippen molar-refractivity contribution >= 4 is 5.88 Å². The summed E-state index contributed by atoms with van der Waals surface area (Å²) in [5.74, 6) is 1.29. The first-order valence-electron chi connectivity index (χ1n) is 4.03. The van der Waals surface area contributed by atoms with Gasteiger partial charge in [-0.2, -0.15) is 0 Å². The number of aromatic nitrogens is 1. The van der Waals surface area contributed by atoms with Gasteiger partial charge in [0.15, 0.2) is 5.88 Å². The van der Waals surface area contributed by atoms with Gasteiger partial charge in [-0.3, -0.25) is 4.98 Å². The monoisotopic (exact) mass is 174 g/mol. The number of nitrogens with zero attached hydrogens (tertiary/aromatic N) is 1. The third-order valence-electron chi connectivity index (χ3n) is 1.88. The van der Waals surface area contributed by atoms with Crippen LogP contribution >= 0.6 is 0 Å². The van der Waals surface area contributed by atoms with Crippen molar-refractivity contribution in [3.05, 3.63) is 36.4 Å². The van der Waals surface area contributed by atoms with Crippen LogP contribution in [0.3, 0.4) is 0 Å². The molecular formula is C10H10N2O. The van der Waals surface area contributed by atoms with Crippen molar-refractivity contribution in [2.45, 2.75) is 6.92 Å². The Morgan fingerprint density at radius 3 is 2.54 bits per heavy atom. The number of hydrogen-bond acceptors (Lipinski definition) is 3. The fourth-order valence-corrected chi connectivity index (χ4v) is 1.29. The number of furan rings is 1. The molecule has 3 nitrogen and oxygen atoms in total. The molecule has 0 radical (unpaired) electrons. The third kappa shape index (κ3) is 1.40. The van der Waals surface area contributed by atoms with Gasteiger partial charge in [-0.05, 0) is 30.7 Å². The highest BCUT2D eigenvalue weighted by Crippen LogP contribution is 2.28. The third-order valence-corrected chi connectivity index (χ3v) is 1.88. The number of nitrogen functional groups attached to an aromatic ring is 1. The second-order valence-electron chi connectivity index (χ2n) is 2.87. The second kappa shape index (κ2) is 2.94. The minimum Gasteiger partial charge on any atom is -0.446 e. The normalized spacial score (nSPS) is 10.2. The van der Waals surface area contributed by atoms with Crippen LogP contribution in [0.1, 0.15) is 5.76 Å². The molecule has 2 heterocycles. The van der Waals surface area contributed by atoms with Crippen molar-refractivity contribution < 1.29 is 4.42 Å². The molecule has 0 atom stereocenters. The molecule has 0 aliphatic carbocycles. The lowest BCUT2D eigenvalue weighted by atomic mass is 10.1. The molecule has 2 aromatic heterocycles. The average Bonchev–Trinajstić information content (AvgIpc) is 2.47. The summed E-state index contributed by atoms with van der Waals surface area (Å²) in [7, 11) is 0. The summed E-state index contributed by atoms with van der Waals surface area (Å²) in [5.41, 5.74) is 7.65. The van der Waals surface area contributed by atoms with Crippen LogP contribution in [0.2, 0.25) is 0 Å². The first kappa shape index (κ1) is 7.86. The van der Waals surface area contributed by atoms with Crippen LogP contribution < -0.4 is 5.73 Å². The molecule has 0 aromatic carbocycles. The van der Waals surface area contributed by atoms with E-state index in [1.54, 1.807) is 12.4 Å². The van der Waals surface area contributed by atoms with Gasteiger partial charge < -0.3 is 10.2 Å². The molecule has 0 unspecified atom stereocenters. The van der Waals surface area contributed by atoms with E-state index in [0.29, 0.717) is 5.88 Å². The summed E-state index contributed by atoms with van der Waals surface area (Å²) in [6.45, 7) is 1.88. The minimum absolute atomic E-state index is 0.462. The molecule has 0 saturated heterocycles. The fourth-order valence-electron chi connectivity index (χ4n) is 1.29. The maximum Gasteiger partial charge on any atom is 0.198 e. The summed E-state index contributed by atoms with van der Waals surface area (Å²) in [6.07, 6.45) is 3.47. The predicted molar refractivity (Wildman–Crippen MR) is 51.1 cm³/mol. The number of nitrogens with two attached hydrogens (primary N) is 1. The lowest BCUT2D eigenvalue weighted by molar-refractivity contribution is 0.554. The van der Waals surface area contributed by atoms with Gasteiger partial charge in [-0.25, -0.2) is 0 Å². The molecule has 3 heteroatoms. The first-order chi connectivity index (χ1) is 6.27.